The Hall–Kier alpha value is -2.34. The number of nitrogens with one attached hydrogen (secondary N) is 2. The van der Waals surface area contributed by atoms with Crippen LogP contribution in [-0.2, 0) is 4.79 Å². The third kappa shape index (κ3) is 4.32. The largest absolute Gasteiger partial charge is 0.493 e. The maximum Gasteiger partial charge on any atom is 0.254 e. The van der Waals surface area contributed by atoms with Gasteiger partial charge in [0.1, 0.15) is 10.8 Å². The molecule has 2 N–H and O–H groups in total. The molecule has 0 bridgehead atoms. The maximum absolute atomic E-state index is 12.1. The summed E-state index contributed by atoms with van der Waals surface area (Å²) < 4.78 is 5.51. The number of aryl methyl sites for hydroxylation is 1. The number of amides is 2. The van der Waals surface area contributed by atoms with E-state index >= 15 is 0 Å². The lowest BCUT2D eigenvalue weighted by Gasteiger charge is -2.08. The second kappa shape index (κ2) is 7.78. The summed E-state index contributed by atoms with van der Waals surface area (Å²) in [6.45, 7) is 4.10. The molecule has 1 aromatic heterocycles. The van der Waals surface area contributed by atoms with Crippen molar-refractivity contribution >= 4 is 28.2 Å². The minimum atomic E-state index is -0.192. The summed E-state index contributed by atoms with van der Waals surface area (Å²) in [4.78, 5) is 25.1. The SMILES string of the molecule is CNC(=O)c1c(NC(=O)CCOc2ccccc2)sc(C)c1C. The molecule has 0 fully saturated rings. The van der Waals surface area contributed by atoms with Gasteiger partial charge in [0.15, 0.2) is 0 Å². The Kier molecular flexibility index (Phi) is 5.76. The predicted molar refractivity (Wildman–Crippen MR) is 92.4 cm³/mol. The zero-order valence-corrected chi connectivity index (χ0v) is 14.3. The summed E-state index contributed by atoms with van der Waals surface area (Å²) in [6, 6.07) is 9.34. The van der Waals surface area contributed by atoms with Gasteiger partial charge in [0.25, 0.3) is 5.91 Å². The van der Waals surface area contributed by atoms with E-state index in [4.69, 9.17) is 4.74 Å². The molecule has 0 atom stereocenters. The van der Waals surface area contributed by atoms with Crippen LogP contribution < -0.4 is 15.4 Å². The van der Waals surface area contributed by atoms with Gasteiger partial charge in [0, 0.05) is 11.9 Å². The number of para-hydroxylation sites is 1. The minimum Gasteiger partial charge on any atom is -0.493 e. The van der Waals surface area contributed by atoms with E-state index in [1.807, 2.05) is 44.2 Å². The molecule has 2 rings (SSSR count). The van der Waals surface area contributed by atoms with Crippen molar-refractivity contribution in [1.29, 1.82) is 0 Å². The second-order valence-electron chi connectivity index (χ2n) is 5.03. The molecule has 1 heterocycles. The molecule has 2 aromatic rings. The molecule has 23 heavy (non-hydrogen) atoms. The number of hydrogen-bond acceptors (Lipinski definition) is 4. The van der Waals surface area contributed by atoms with E-state index in [0.717, 1.165) is 16.2 Å². The normalized spacial score (nSPS) is 10.2. The van der Waals surface area contributed by atoms with Gasteiger partial charge in [0.2, 0.25) is 5.91 Å². The number of benzene rings is 1. The maximum atomic E-state index is 12.1. The van der Waals surface area contributed by atoms with Crippen LogP contribution in [0.15, 0.2) is 30.3 Å². The number of ether oxygens (including phenoxy) is 1. The van der Waals surface area contributed by atoms with Gasteiger partial charge in [0.05, 0.1) is 18.6 Å². The monoisotopic (exact) mass is 332 g/mol. The first-order valence-corrected chi connectivity index (χ1v) is 8.14. The topological polar surface area (TPSA) is 67.4 Å². The summed E-state index contributed by atoms with van der Waals surface area (Å²) in [5, 5.41) is 6.01. The molecule has 6 heteroatoms. The zero-order chi connectivity index (χ0) is 16.8. The molecular formula is C17H20N2O3S. The van der Waals surface area contributed by atoms with Crippen LogP contribution in [0.5, 0.6) is 5.75 Å². The molecule has 0 saturated heterocycles. The highest BCUT2D eigenvalue weighted by atomic mass is 32.1. The number of anilines is 1. The van der Waals surface area contributed by atoms with Crippen LogP contribution in [0.4, 0.5) is 5.00 Å². The Morgan fingerprint density at radius 1 is 1.17 bits per heavy atom. The van der Waals surface area contributed by atoms with Crippen molar-refractivity contribution in [2.45, 2.75) is 20.3 Å². The molecule has 0 unspecified atom stereocenters. The highest BCUT2D eigenvalue weighted by Gasteiger charge is 2.19. The fourth-order valence-electron chi connectivity index (χ4n) is 2.08. The van der Waals surface area contributed by atoms with Crippen LogP contribution in [0, 0.1) is 13.8 Å². The average molecular weight is 332 g/mol. The third-order valence-electron chi connectivity index (χ3n) is 3.43. The first-order chi connectivity index (χ1) is 11.0. The molecule has 0 aliphatic heterocycles. The summed E-state index contributed by atoms with van der Waals surface area (Å²) in [5.74, 6) is 0.365. The molecule has 1 aromatic carbocycles. The molecule has 0 spiro atoms. The van der Waals surface area contributed by atoms with Gasteiger partial charge in [-0.25, -0.2) is 0 Å². The fraction of sp³-hybridized carbons (Fsp3) is 0.294. The molecule has 0 radical (unpaired) electrons. The molecule has 122 valence electrons. The quantitative estimate of drug-likeness (QED) is 0.854. The van der Waals surface area contributed by atoms with Gasteiger partial charge < -0.3 is 15.4 Å². The van der Waals surface area contributed by atoms with E-state index in [-0.39, 0.29) is 24.8 Å². The van der Waals surface area contributed by atoms with Crippen molar-refractivity contribution in [3.63, 3.8) is 0 Å². The second-order valence-corrected chi connectivity index (χ2v) is 6.25. The van der Waals surface area contributed by atoms with Gasteiger partial charge in [-0.3, -0.25) is 9.59 Å². The van der Waals surface area contributed by atoms with Crippen LogP contribution in [0.3, 0.4) is 0 Å². The minimum absolute atomic E-state index is 0.174. The molecule has 0 aliphatic carbocycles. The first-order valence-electron chi connectivity index (χ1n) is 7.32. The van der Waals surface area contributed by atoms with Crippen LogP contribution >= 0.6 is 11.3 Å². The van der Waals surface area contributed by atoms with Gasteiger partial charge in [-0.2, -0.15) is 0 Å². The van der Waals surface area contributed by atoms with Gasteiger partial charge in [-0.1, -0.05) is 18.2 Å². The van der Waals surface area contributed by atoms with Gasteiger partial charge in [-0.15, -0.1) is 11.3 Å². The fourth-order valence-corrected chi connectivity index (χ4v) is 3.15. The molecule has 2 amide bonds. The van der Waals surface area contributed by atoms with Crippen molar-refractivity contribution < 1.29 is 14.3 Å². The van der Waals surface area contributed by atoms with Crippen LogP contribution in [0.25, 0.3) is 0 Å². The number of carbonyl (C=O) groups excluding carboxylic acids is 2. The van der Waals surface area contributed by atoms with Crippen LogP contribution in [0.1, 0.15) is 27.2 Å². The highest BCUT2D eigenvalue weighted by Crippen LogP contribution is 2.32. The Morgan fingerprint density at radius 2 is 1.87 bits per heavy atom. The Morgan fingerprint density at radius 3 is 2.52 bits per heavy atom. The van der Waals surface area contributed by atoms with Crippen molar-refractivity contribution in [3.05, 3.63) is 46.3 Å². The number of rotatable bonds is 6. The Bertz CT molecular complexity index is 695. The van der Waals surface area contributed by atoms with Crippen LogP contribution in [0.2, 0.25) is 0 Å². The van der Waals surface area contributed by atoms with Crippen LogP contribution in [-0.4, -0.2) is 25.5 Å². The molecule has 0 saturated carbocycles. The first kappa shape index (κ1) is 17.0. The number of carbonyl (C=O) groups is 2. The summed E-state index contributed by atoms with van der Waals surface area (Å²) >= 11 is 1.41. The third-order valence-corrected chi connectivity index (χ3v) is 4.56. The zero-order valence-electron chi connectivity index (χ0n) is 13.4. The van der Waals surface area contributed by atoms with Gasteiger partial charge >= 0.3 is 0 Å². The van der Waals surface area contributed by atoms with Crippen molar-refractivity contribution in [2.75, 3.05) is 19.0 Å². The summed E-state index contributed by atoms with van der Waals surface area (Å²) in [7, 11) is 1.58. The summed E-state index contributed by atoms with van der Waals surface area (Å²) in [5.41, 5.74) is 1.43. The van der Waals surface area contributed by atoms with Crippen molar-refractivity contribution in [3.8, 4) is 5.75 Å². The standard InChI is InChI=1S/C17H20N2O3S/c1-11-12(2)23-17(15(11)16(21)18-3)19-14(20)9-10-22-13-7-5-4-6-8-13/h4-8H,9-10H2,1-3H3,(H,18,21)(H,19,20). The number of hydrogen-bond donors (Lipinski definition) is 2. The lowest BCUT2D eigenvalue weighted by Crippen LogP contribution is -2.21. The summed E-state index contributed by atoms with van der Waals surface area (Å²) in [6.07, 6.45) is 0.220. The van der Waals surface area contributed by atoms with E-state index in [0.29, 0.717) is 10.6 Å². The molecule has 5 nitrogen and oxygen atoms in total. The van der Waals surface area contributed by atoms with Crippen molar-refractivity contribution in [1.82, 2.24) is 5.32 Å². The van der Waals surface area contributed by atoms with Gasteiger partial charge in [-0.05, 0) is 31.5 Å². The van der Waals surface area contributed by atoms with E-state index in [9.17, 15) is 9.59 Å². The van der Waals surface area contributed by atoms with Crippen molar-refractivity contribution in [2.24, 2.45) is 0 Å². The van der Waals surface area contributed by atoms with E-state index in [1.54, 1.807) is 7.05 Å². The van der Waals surface area contributed by atoms with E-state index in [2.05, 4.69) is 10.6 Å². The average Bonchev–Trinajstić information content (AvgIpc) is 2.82. The molecule has 0 aliphatic rings. The molecular weight excluding hydrogens is 312 g/mol. The predicted octanol–water partition coefficient (Wildman–Crippen LogP) is 3.13. The highest BCUT2D eigenvalue weighted by molar-refractivity contribution is 7.16. The lowest BCUT2D eigenvalue weighted by atomic mass is 10.1. The number of thiophene rings is 1. The van der Waals surface area contributed by atoms with E-state index in [1.165, 1.54) is 11.3 Å². The Labute approximate surface area is 139 Å². The van der Waals surface area contributed by atoms with E-state index < -0.39 is 0 Å². The Balaban J connectivity index is 1.95. The smallest absolute Gasteiger partial charge is 0.254 e. The lowest BCUT2D eigenvalue weighted by molar-refractivity contribution is -0.116.